The largest absolute Gasteiger partial charge is 0.507 e. The van der Waals surface area contributed by atoms with Gasteiger partial charge in [0.05, 0.1) is 18.4 Å². The van der Waals surface area contributed by atoms with E-state index in [1.807, 2.05) is 6.07 Å². The van der Waals surface area contributed by atoms with Crippen molar-refractivity contribution in [2.45, 2.75) is 26.3 Å². The average Bonchev–Trinajstić information content (AvgIpc) is 3.07. The van der Waals surface area contributed by atoms with Crippen molar-refractivity contribution in [2.24, 2.45) is 0 Å². The normalized spacial score (nSPS) is 18.1. The number of pyridine rings is 1. The molecule has 7 heteroatoms. The van der Waals surface area contributed by atoms with Crippen molar-refractivity contribution >= 4 is 17.4 Å². The van der Waals surface area contributed by atoms with Crippen molar-refractivity contribution in [3.63, 3.8) is 0 Å². The maximum atomic E-state index is 13.0. The number of benzene rings is 1. The minimum absolute atomic E-state index is 0.0664. The number of aliphatic hydroxyl groups is 1. The smallest absolute Gasteiger partial charge is 0.295 e. The highest BCUT2D eigenvalue weighted by Crippen LogP contribution is 2.38. The van der Waals surface area contributed by atoms with E-state index in [0.29, 0.717) is 23.6 Å². The van der Waals surface area contributed by atoms with Crippen molar-refractivity contribution in [1.29, 1.82) is 0 Å². The second-order valence-electron chi connectivity index (χ2n) is 7.36. The molecular formula is C24H29N3O4. The lowest BCUT2D eigenvalue weighted by molar-refractivity contribution is -0.140. The van der Waals surface area contributed by atoms with E-state index >= 15 is 0 Å². The molecule has 1 aromatic heterocycles. The van der Waals surface area contributed by atoms with E-state index in [-0.39, 0.29) is 11.3 Å². The van der Waals surface area contributed by atoms with Gasteiger partial charge < -0.3 is 19.6 Å². The zero-order valence-electron chi connectivity index (χ0n) is 18.2. The molecule has 1 fully saturated rings. The molecule has 3 rings (SSSR count). The van der Waals surface area contributed by atoms with Gasteiger partial charge in [0.25, 0.3) is 11.7 Å². The third-order valence-electron chi connectivity index (χ3n) is 5.64. The molecule has 2 aromatic rings. The SMILES string of the molecule is CCN(CC)CCCN1C(=O)C(=O)C(=C(O)c2ccc(OC)cc2)C1c1ccccn1. The van der Waals surface area contributed by atoms with Gasteiger partial charge in [0, 0.05) is 18.3 Å². The van der Waals surface area contributed by atoms with Gasteiger partial charge >= 0.3 is 0 Å². The van der Waals surface area contributed by atoms with Crippen LogP contribution in [0.15, 0.2) is 54.2 Å². The highest BCUT2D eigenvalue weighted by atomic mass is 16.5. The summed E-state index contributed by atoms with van der Waals surface area (Å²) in [7, 11) is 1.56. The molecule has 1 atom stereocenters. The van der Waals surface area contributed by atoms with Gasteiger partial charge in [-0.3, -0.25) is 14.6 Å². The molecule has 0 bridgehead atoms. The summed E-state index contributed by atoms with van der Waals surface area (Å²) in [6.45, 7) is 7.27. The van der Waals surface area contributed by atoms with Crippen molar-refractivity contribution in [2.75, 3.05) is 33.3 Å². The van der Waals surface area contributed by atoms with E-state index < -0.39 is 17.7 Å². The first-order valence-corrected chi connectivity index (χ1v) is 10.6. The number of carbonyl (C=O) groups excluding carboxylic acids is 2. The number of hydrogen-bond donors (Lipinski definition) is 1. The van der Waals surface area contributed by atoms with Gasteiger partial charge in [-0.2, -0.15) is 0 Å². The molecule has 1 unspecified atom stereocenters. The van der Waals surface area contributed by atoms with Gasteiger partial charge in [0.2, 0.25) is 0 Å². The number of rotatable bonds is 9. The summed E-state index contributed by atoms with van der Waals surface area (Å²) in [6, 6.07) is 11.4. The third-order valence-corrected chi connectivity index (χ3v) is 5.64. The molecule has 2 heterocycles. The number of Topliss-reactive ketones (excluding diaryl/α,β-unsaturated/α-hetero) is 1. The number of hydrogen-bond acceptors (Lipinski definition) is 6. The average molecular weight is 424 g/mol. The van der Waals surface area contributed by atoms with E-state index in [2.05, 4.69) is 23.7 Å². The molecular weight excluding hydrogens is 394 g/mol. The minimum atomic E-state index is -0.722. The second-order valence-corrected chi connectivity index (χ2v) is 7.36. The van der Waals surface area contributed by atoms with Crippen LogP contribution >= 0.6 is 0 Å². The molecule has 0 aliphatic carbocycles. The van der Waals surface area contributed by atoms with E-state index in [1.54, 1.807) is 49.7 Å². The molecule has 164 valence electrons. The lowest BCUT2D eigenvalue weighted by Crippen LogP contribution is -2.33. The summed E-state index contributed by atoms with van der Waals surface area (Å²) >= 11 is 0. The summed E-state index contributed by atoms with van der Waals surface area (Å²) in [5, 5.41) is 11.0. The molecule has 31 heavy (non-hydrogen) atoms. The van der Waals surface area contributed by atoms with Gasteiger partial charge in [-0.05, 0) is 62.5 Å². The first kappa shape index (κ1) is 22.5. The molecule has 1 aromatic carbocycles. The van der Waals surface area contributed by atoms with Crippen LogP contribution in [0.4, 0.5) is 0 Å². The first-order valence-electron chi connectivity index (χ1n) is 10.6. The molecule has 7 nitrogen and oxygen atoms in total. The van der Waals surface area contributed by atoms with Crippen LogP contribution in [0.1, 0.15) is 37.6 Å². The van der Waals surface area contributed by atoms with Gasteiger partial charge in [0.1, 0.15) is 17.6 Å². The predicted octanol–water partition coefficient (Wildman–Crippen LogP) is 3.24. The molecule has 1 amide bonds. The fraction of sp³-hybridized carbons (Fsp3) is 0.375. The van der Waals surface area contributed by atoms with Crippen molar-refractivity contribution in [3.8, 4) is 5.75 Å². The van der Waals surface area contributed by atoms with E-state index in [4.69, 9.17) is 4.74 Å². The molecule has 0 radical (unpaired) electrons. The van der Waals surface area contributed by atoms with E-state index in [1.165, 1.54) is 4.90 Å². The highest BCUT2D eigenvalue weighted by Gasteiger charge is 2.46. The quantitative estimate of drug-likeness (QED) is 0.379. The zero-order valence-corrected chi connectivity index (χ0v) is 18.2. The van der Waals surface area contributed by atoms with Crippen LogP contribution in [0.5, 0.6) is 5.75 Å². The van der Waals surface area contributed by atoms with Crippen LogP contribution in [0.25, 0.3) is 5.76 Å². The predicted molar refractivity (Wildman–Crippen MR) is 119 cm³/mol. The monoisotopic (exact) mass is 423 g/mol. The Bertz CT molecular complexity index is 937. The molecule has 1 N–H and O–H groups in total. The Morgan fingerprint density at radius 1 is 1.13 bits per heavy atom. The Hall–Kier alpha value is -3.19. The number of aromatic nitrogens is 1. The fourth-order valence-corrected chi connectivity index (χ4v) is 3.86. The Morgan fingerprint density at radius 2 is 1.84 bits per heavy atom. The number of aliphatic hydroxyl groups excluding tert-OH is 1. The number of likely N-dealkylation sites (tertiary alicyclic amines) is 1. The second kappa shape index (κ2) is 10.2. The zero-order chi connectivity index (χ0) is 22.4. The third kappa shape index (κ3) is 4.77. The van der Waals surface area contributed by atoms with E-state index in [9.17, 15) is 14.7 Å². The van der Waals surface area contributed by atoms with Crippen LogP contribution in [-0.4, -0.2) is 64.9 Å². The topological polar surface area (TPSA) is 83.0 Å². The molecule has 1 aliphatic rings. The van der Waals surface area contributed by atoms with Gasteiger partial charge in [0.15, 0.2) is 0 Å². The summed E-state index contributed by atoms with van der Waals surface area (Å²) in [5.41, 5.74) is 1.07. The van der Waals surface area contributed by atoms with E-state index in [0.717, 1.165) is 26.1 Å². The van der Waals surface area contributed by atoms with Crippen LogP contribution in [0.2, 0.25) is 0 Å². The van der Waals surface area contributed by atoms with Crippen LogP contribution in [-0.2, 0) is 9.59 Å². The number of nitrogens with zero attached hydrogens (tertiary/aromatic N) is 3. The maximum absolute atomic E-state index is 13.0. The molecule has 1 aliphatic heterocycles. The Balaban J connectivity index is 1.98. The van der Waals surface area contributed by atoms with Crippen molar-refractivity contribution in [3.05, 3.63) is 65.5 Å². The Morgan fingerprint density at radius 3 is 2.42 bits per heavy atom. The number of carbonyl (C=O) groups is 2. The standard InChI is InChI=1S/C24H29N3O4/c1-4-26(5-2)15-8-16-27-21(19-9-6-7-14-25-19)20(23(29)24(27)30)22(28)17-10-12-18(31-3)13-11-17/h6-7,9-14,21,28H,4-5,8,15-16H2,1-3H3. The van der Waals surface area contributed by atoms with Crippen LogP contribution in [0.3, 0.4) is 0 Å². The van der Waals surface area contributed by atoms with Gasteiger partial charge in [-0.25, -0.2) is 0 Å². The first-order chi connectivity index (χ1) is 15.0. The summed E-state index contributed by atoms with van der Waals surface area (Å²) in [5.74, 6) is -0.866. The Labute approximate surface area is 183 Å². The molecule has 0 spiro atoms. The lowest BCUT2D eigenvalue weighted by atomic mass is 9.98. The number of amides is 1. The minimum Gasteiger partial charge on any atom is -0.507 e. The highest BCUT2D eigenvalue weighted by molar-refractivity contribution is 6.46. The lowest BCUT2D eigenvalue weighted by Gasteiger charge is -2.26. The number of ether oxygens (including phenoxy) is 1. The van der Waals surface area contributed by atoms with Gasteiger partial charge in [-0.1, -0.05) is 19.9 Å². The summed E-state index contributed by atoms with van der Waals surface area (Å²) in [4.78, 5) is 34.1. The van der Waals surface area contributed by atoms with Crippen molar-refractivity contribution in [1.82, 2.24) is 14.8 Å². The number of ketones is 1. The van der Waals surface area contributed by atoms with Crippen LogP contribution < -0.4 is 4.74 Å². The number of methoxy groups -OCH3 is 1. The van der Waals surface area contributed by atoms with Gasteiger partial charge in [-0.15, -0.1) is 0 Å². The summed E-state index contributed by atoms with van der Waals surface area (Å²) in [6.07, 6.45) is 2.35. The van der Waals surface area contributed by atoms with Crippen LogP contribution in [0, 0.1) is 0 Å². The fourth-order valence-electron chi connectivity index (χ4n) is 3.86. The maximum Gasteiger partial charge on any atom is 0.295 e. The Kier molecular flexibility index (Phi) is 7.41. The molecule has 0 saturated carbocycles. The molecule has 1 saturated heterocycles. The summed E-state index contributed by atoms with van der Waals surface area (Å²) < 4.78 is 5.16. The van der Waals surface area contributed by atoms with Crippen molar-refractivity contribution < 1.29 is 19.4 Å².